The molecule has 1 fully saturated rings. The smallest absolute Gasteiger partial charge is 0.270 e. The molecule has 3 aromatic rings. The number of amides is 2. The summed E-state index contributed by atoms with van der Waals surface area (Å²) >= 11 is 0. The fraction of sp³-hybridized carbons (Fsp3) is 0.208. The number of nitrogens with one attached hydrogen (secondary N) is 2. The van der Waals surface area contributed by atoms with E-state index in [0.29, 0.717) is 28.3 Å². The van der Waals surface area contributed by atoms with Crippen molar-refractivity contribution >= 4 is 23.3 Å². The zero-order valence-corrected chi connectivity index (χ0v) is 17.0. The summed E-state index contributed by atoms with van der Waals surface area (Å²) in [6.45, 7) is 1.24. The number of ketones is 1. The van der Waals surface area contributed by atoms with Crippen molar-refractivity contribution in [1.29, 1.82) is 0 Å². The molecule has 0 radical (unpaired) electrons. The van der Waals surface area contributed by atoms with E-state index < -0.39 is 0 Å². The molecule has 0 saturated carbocycles. The lowest BCUT2D eigenvalue weighted by atomic mass is 10.1. The third kappa shape index (κ3) is 4.83. The Balaban J connectivity index is 1.40. The van der Waals surface area contributed by atoms with E-state index in [4.69, 9.17) is 4.74 Å². The summed E-state index contributed by atoms with van der Waals surface area (Å²) in [5.41, 5.74) is 1.76. The standard InChI is InChI=1S/C24H23N3O4/c28-21(17-14-20(25-15-17)24(30)27-12-6-7-13-27)16-31-22-11-5-4-10-19(22)23(29)26-18-8-2-1-3-9-18/h1-5,8-11,14-15,25H,6-7,12-13,16H2,(H,26,29). The number of aromatic amines is 1. The number of para-hydroxylation sites is 2. The summed E-state index contributed by atoms with van der Waals surface area (Å²) in [7, 11) is 0. The van der Waals surface area contributed by atoms with Gasteiger partial charge in [-0.2, -0.15) is 0 Å². The Kier molecular flexibility index (Phi) is 6.12. The van der Waals surface area contributed by atoms with Crippen LogP contribution >= 0.6 is 0 Å². The average Bonchev–Trinajstić information content (AvgIpc) is 3.50. The highest BCUT2D eigenvalue weighted by molar-refractivity contribution is 6.06. The maximum absolute atomic E-state index is 12.6. The summed E-state index contributed by atoms with van der Waals surface area (Å²) in [6, 6.07) is 17.4. The van der Waals surface area contributed by atoms with Crippen LogP contribution in [0, 0.1) is 0 Å². The van der Waals surface area contributed by atoms with E-state index in [-0.39, 0.29) is 24.2 Å². The van der Waals surface area contributed by atoms with E-state index in [0.717, 1.165) is 25.9 Å². The van der Waals surface area contributed by atoms with Crippen molar-refractivity contribution in [2.75, 3.05) is 25.0 Å². The Morgan fingerprint density at radius 1 is 0.968 bits per heavy atom. The van der Waals surface area contributed by atoms with Crippen LogP contribution in [0.25, 0.3) is 0 Å². The first-order valence-electron chi connectivity index (χ1n) is 10.2. The van der Waals surface area contributed by atoms with Crippen LogP contribution in [0.5, 0.6) is 5.75 Å². The van der Waals surface area contributed by atoms with Gasteiger partial charge in [0.15, 0.2) is 6.61 Å². The van der Waals surface area contributed by atoms with E-state index in [1.54, 1.807) is 47.4 Å². The van der Waals surface area contributed by atoms with Gasteiger partial charge in [0, 0.05) is 30.5 Å². The van der Waals surface area contributed by atoms with Gasteiger partial charge in [0.05, 0.1) is 5.56 Å². The molecule has 7 nitrogen and oxygen atoms in total. The van der Waals surface area contributed by atoms with Gasteiger partial charge in [-0.05, 0) is 43.2 Å². The Morgan fingerprint density at radius 3 is 2.45 bits per heavy atom. The Morgan fingerprint density at radius 2 is 1.68 bits per heavy atom. The predicted octanol–water partition coefficient (Wildman–Crippen LogP) is 3.76. The van der Waals surface area contributed by atoms with Gasteiger partial charge in [-0.3, -0.25) is 14.4 Å². The van der Waals surface area contributed by atoms with E-state index in [1.807, 2.05) is 18.2 Å². The number of rotatable bonds is 7. The van der Waals surface area contributed by atoms with Crippen LogP contribution in [0.15, 0.2) is 66.9 Å². The molecular weight excluding hydrogens is 394 g/mol. The Hall–Kier alpha value is -3.87. The number of hydrogen-bond acceptors (Lipinski definition) is 4. The van der Waals surface area contributed by atoms with Crippen molar-refractivity contribution in [3.8, 4) is 5.75 Å². The van der Waals surface area contributed by atoms with E-state index in [9.17, 15) is 14.4 Å². The second-order valence-corrected chi connectivity index (χ2v) is 7.33. The SMILES string of the molecule is O=C(COc1ccccc1C(=O)Nc1ccccc1)c1c[nH]c(C(=O)N2CCCC2)c1. The molecule has 2 aromatic carbocycles. The summed E-state index contributed by atoms with van der Waals surface area (Å²) in [6.07, 6.45) is 3.52. The van der Waals surface area contributed by atoms with Gasteiger partial charge in [0.1, 0.15) is 11.4 Å². The number of carbonyl (C=O) groups excluding carboxylic acids is 3. The number of likely N-dealkylation sites (tertiary alicyclic amines) is 1. The van der Waals surface area contributed by atoms with Gasteiger partial charge >= 0.3 is 0 Å². The monoisotopic (exact) mass is 417 g/mol. The zero-order chi connectivity index (χ0) is 21.6. The largest absolute Gasteiger partial charge is 0.485 e. The molecule has 0 spiro atoms. The zero-order valence-electron chi connectivity index (χ0n) is 17.0. The number of Topliss-reactive ketones (excluding diaryl/α,β-unsaturated/α-hetero) is 1. The molecule has 1 aromatic heterocycles. The summed E-state index contributed by atoms with van der Waals surface area (Å²) in [5, 5.41) is 2.81. The quantitative estimate of drug-likeness (QED) is 0.573. The molecule has 0 aliphatic carbocycles. The molecule has 1 saturated heterocycles. The number of hydrogen-bond donors (Lipinski definition) is 2. The molecule has 158 valence electrons. The maximum atomic E-state index is 12.6. The highest BCUT2D eigenvalue weighted by atomic mass is 16.5. The predicted molar refractivity (Wildman–Crippen MR) is 117 cm³/mol. The van der Waals surface area contributed by atoms with Gasteiger partial charge in [0.25, 0.3) is 11.8 Å². The first kappa shape index (κ1) is 20.4. The second-order valence-electron chi connectivity index (χ2n) is 7.33. The third-order valence-corrected chi connectivity index (χ3v) is 5.15. The Labute approximate surface area is 180 Å². The maximum Gasteiger partial charge on any atom is 0.270 e. The second kappa shape index (κ2) is 9.30. The molecule has 2 N–H and O–H groups in total. The van der Waals surface area contributed by atoms with Gasteiger partial charge in [-0.1, -0.05) is 30.3 Å². The number of ether oxygens (including phenoxy) is 1. The first-order chi connectivity index (χ1) is 15.1. The van der Waals surface area contributed by atoms with Gasteiger partial charge in [0.2, 0.25) is 5.78 Å². The summed E-state index contributed by atoms with van der Waals surface area (Å²) < 4.78 is 5.66. The molecule has 4 rings (SSSR count). The number of carbonyl (C=O) groups is 3. The van der Waals surface area contributed by atoms with Crippen molar-refractivity contribution in [2.45, 2.75) is 12.8 Å². The lowest BCUT2D eigenvalue weighted by molar-refractivity contribution is 0.0787. The molecule has 31 heavy (non-hydrogen) atoms. The van der Waals surface area contributed by atoms with Gasteiger partial charge < -0.3 is 19.9 Å². The molecule has 7 heteroatoms. The minimum Gasteiger partial charge on any atom is -0.485 e. The molecular formula is C24H23N3O4. The van der Waals surface area contributed by atoms with E-state index in [1.165, 1.54) is 6.20 Å². The van der Waals surface area contributed by atoms with E-state index in [2.05, 4.69) is 10.3 Å². The molecule has 0 unspecified atom stereocenters. The van der Waals surface area contributed by atoms with Crippen LogP contribution in [0.4, 0.5) is 5.69 Å². The minimum absolute atomic E-state index is 0.0969. The fourth-order valence-electron chi connectivity index (χ4n) is 3.50. The van der Waals surface area contributed by atoms with E-state index >= 15 is 0 Å². The van der Waals surface area contributed by atoms with Crippen LogP contribution < -0.4 is 10.1 Å². The fourth-order valence-corrected chi connectivity index (χ4v) is 3.50. The molecule has 2 heterocycles. The molecule has 2 amide bonds. The number of aromatic nitrogens is 1. The summed E-state index contributed by atoms with van der Waals surface area (Å²) in [5.74, 6) is -0.391. The lowest BCUT2D eigenvalue weighted by Crippen LogP contribution is -2.27. The Bertz CT molecular complexity index is 1080. The molecule has 0 atom stereocenters. The van der Waals surface area contributed by atoms with Crippen LogP contribution in [-0.4, -0.2) is 47.2 Å². The van der Waals surface area contributed by atoms with Crippen LogP contribution in [-0.2, 0) is 0 Å². The highest BCUT2D eigenvalue weighted by Crippen LogP contribution is 2.20. The van der Waals surface area contributed by atoms with Gasteiger partial charge in [-0.25, -0.2) is 0 Å². The first-order valence-corrected chi connectivity index (χ1v) is 10.2. The van der Waals surface area contributed by atoms with Crippen molar-refractivity contribution < 1.29 is 19.1 Å². The van der Waals surface area contributed by atoms with Crippen LogP contribution in [0.3, 0.4) is 0 Å². The molecule has 1 aliphatic rings. The van der Waals surface area contributed by atoms with Crippen molar-refractivity contribution in [1.82, 2.24) is 9.88 Å². The topological polar surface area (TPSA) is 91.5 Å². The van der Waals surface area contributed by atoms with Crippen LogP contribution in [0.1, 0.15) is 44.0 Å². The summed E-state index contributed by atoms with van der Waals surface area (Å²) in [4.78, 5) is 42.3. The highest BCUT2D eigenvalue weighted by Gasteiger charge is 2.22. The van der Waals surface area contributed by atoms with Crippen molar-refractivity contribution in [3.63, 3.8) is 0 Å². The number of nitrogens with zero attached hydrogens (tertiary/aromatic N) is 1. The van der Waals surface area contributed by atoms with Crippen molar-refractivity contribution in [2.24, 2.45) is 0 Å². The normalized spacial score (nSPS) is 13.1. The van der Waals surface area contributed by atoms with Gasteiger partial charge in [-0.15, -0.1) is 0 Å². The van der Waals surface area contributed by atoms with Crippen LogP contribution in [0.2, 0.25) is 0 Å². The minimum atomic E-state index is -0.325. The number of benzene rings is 2. The number of H-pyrrole nitrogens is 1. The average molecular weight is 417 g/mol. The molecule has 0 bridgehead atoms. The molecule has 1 aliphatic heterocycles. The number of anilines is 1. The lowest BCUT2D eigenvalue weighted by Gasteiger charge is -2.13. The van der Waals surface area contributed by atoms with Crippen molar-refractivity contribution in [3.05, 3.63) is 83.7 Å². The third-order valence-electron chi connectivity index (χ3n) is 5.15.